The molecule has 1 aliphatic rings. The number of methoxy groups -OCH3 is 2. The van der Waals surface area contributed by atoms with Gasteiger partial charge in [-0.25, -0.2) is 0 Å². The number of carbonyl (C=O) groups is 2. The fourth-order valence-electron chi connectivity index (χ4n) is 2.12. The van der Waals surface area contributed by atoms with Crippen molar-refractivity contribution in [3.05, 3.63) is 29.3 Å². The van der Waals surface area contributed by atoms with Gasteiger partial charge in [0.1, 0.15) is 11.7 Å². The molecule has 0 saturated carbocycles. The first-order valence-corrected chi connectivity index (χ1v) is 5.46. The highest BCUT2D eigenvalue weighted by atomic mass is 16.5. The van der Waals surface area contributed by atoms with Gasteiger partial charge in [-0.3, -0.25) is 9.59 Å². The van der Waals surface area contributed by atoms with Crippen molar-refractivity contribution in [2.45, 2.75) is 12.8 Å². The summed E-state index contributed by atoms with van der Waals surface area (Å²) in [5, 5.41) is 0. The lowest BCUT2D eigenvalue weighted by Gasteiger charge is -2.21. The van der Waals surface area contributed by atoms with Gasteiger partial charge in [0, 0.05) is 5.56 Å². The Labute approximate surface area is 99.5 Å². The van der Waals surface area contributed by atoms with Crippen LogP contribution in [-0.2, 0) is 16.0 Å². The molecule has 0 unspecified atom stereocenters. The van der Waals surface area contributed by atoms with E-state index in [-0.39, 0.29) is 5.78 Å². The molecule has 0 aliphatic heterocycles. The van der Waals surface area contributed by atoms with Crippen molar-refractivity contribution >= 4 is 11.8 Å². The van der Waals surface area contributed by atoms with Gasteiger partial charge in [0.2, 0.25) is 0 Å². The highest BCUT2D eigenvalue weighted by Gasteiger charge is 2.33. The van der Waals surface area contributed by atoms with Crippen molar-refractivity contribution in [1.29, 1.82) is 0 Å². The summed E-state index contributed by atoms with van der Waals surface area (Å²) in [5.74, 6) is -0.664. The van der Waals surface area contributed by atoms with E-state index in [1.165, 1.54) is 7.11 Å². The summed E-state index contributed by atoms with van der Waals surface area (Å²) in [6, 6.07) is 5.39. The SMILES string of the molecule is COC(=O)[C@H]1CCc2ccc(OC)cc2C1=O. The van der Waals surface area contributed by atoms with Crippen molar-refractivity contribution < 1.29 is 19.1 Å². The molecular weight excluding hydrogens is 220 g/mol. The minimum absolute atomic E-state index is 0.169. The molecule has 2 rings (SSSR count). The second-order valence-corrected chi connectivity index (χ2v) is 4.00. The molecule has 1 atom stereocenters. The molecule has 0 heterocycles. The van der Waals surface area contributed by atoms with Crippen molar-refractivity contribution in [1.82, 2.24) is 0 Å². The van der Waals surface area contributed by atoms with Crippen molar-refractivity contribution in [2.75, 3.05) is 14.2 Å². The molecule has 0 N–H and O–H groups in total. The molecule has 0 bridgehead atoms. The van der Waals surface area contributed by atoms with Gasteiger partial charge in [0.25, 0.3) is 0 Å². The number of benzene rings is 1. The van der Waals surface area contributed by atoms with E-state index in [0.717, 1.165) is 5.56 Å². The molecule has 0 spiro atoms. The number of hydrogen-bond acceptors (Lipinski definition) is 4. The molecule has 4 heteroatoms. The van der Waals surface area contributed by atoms with E-state index in [4.69, 9.17) is 4.74 Å². The maximum Gasteiger partial charge on any atom is 0.316 e. The third kappa shape index (κ3) is 2.02. The number of ketones is 1. The largest absolute Gasteiger partial charge is 0.497 e. The standard InChI is InChI=1S/C13H14O4/c1-16-9-5-3-8-4-6-10(13(15)17-2)12(14)11(8)7-9/h3,5,7,10H,4,6H2,1-2H3/t10-/m0/s1. The molecule has 0 fully saturated rings. The number of carbonyl (C=O) groups excluding carboxylic acids is 2. The maximum absolute atomic E-state index is 12.1. The van der Waals surface area contributed by atoms with Crippen LogP contribution in [0.3, 0.4) is 0 Å². The van der Waals surface area contributed by atoms with Gasteiger partial charge >= 0.3 is 5.97 Å². The first kappa shape index (κ1) is 11.6. The van der Waals surface area contributed by atoms with E-state index in [1.54, 1.807) is 13.2 Å². The first-order valence-electron chi connectivity index (χ1n) is 5.46. The topological polar surface area (TPSA) is 52.6 Å². The molecular formula is C13H14O4. The summed E-state index contributed by atoms with van der Waals surface area (Å²) < 4.78 is 9.72. The Morgan fingerprint density at radius 3 is 2.76 bits per heavy atom. The highest BCUT2D eigenvalue weighted by Crippen LogP contribution is 2.29. The average Bonchev–Trinajstić information content (AvgIpc) is 2.38. The lowest BCUT2D eigenvalue weighted by Crippen LogP contribution is -2.30. The molecule has 0 amide bonds. The maximum atomic E-state index is 12.1. The minimum Gasteiger partial charge on any atom is -0.497 e. The summed E-state index contributed by atoms with van der Waals surface area (Å²) in [4.78, 5) is 23.6. The second-order valence-electron chi connectivity index (χ2n) is 4.00. The smallest absolute Gasteiger partial charge is 0.316 e. The Kier molecular flexibility index (Phi) is 3.13. The van der Waals surface area contributed by atoms with Crippen LogP contribution in [0, 0.1) is 5.92 Å². The van der Waals surface area contributed by atoms with Crippen molar-refractivity contribution in [2.24, 2.45) is 5.92 Å². The molecule has 1 aromatic carbocycles. The summed E-state index contributed by atoms with van der Waals surface area (Å²) in [6.45, 7) is 0. The Morgan fingerprint density at radius 1 is 1.35 bits per heavy atom. The Hall–Kier alpha value is -1.84. The summed E-state index contributed by atoms with van der Waals surface area (Å²) in [6.07, 6.45) is 1.23. The minimum atomic E-state index is -0.667. The lowest BCUT2D eigenvalue weighted by molar-refractivity contribution is -0.143. The van der Waals surface area contributed by atoms with Crippen LogP contribution in [0.1, 0.15) is 22.3 Å². The predicted molar refractivity (Wildman–Crippen MR) is 61.2 cm³/mol. The highest BCUT2D eigenvalue weighted by molar-refractivity contribution is 6.10. The Balaban J connectivity index is 2.36. The van der Waals surface area contributed by atoms with Crippen LogP contribution in [0.25, 0.3) is 0 Å². The van der Waals surface area contributed by atoms with E-state index >= 15 is 0 Å². The summed E-state index contributed by atoms with van der Waals surface area (Å²) >= 11 is 0. The third-order valence-corrected chi connectivity index (χ3v) is 3.09. The van der Waals surface area contributed by atoms with Crippen LogP contribution < -0.4 is 4.74 Å². The number of ether oxygens (including phenoxy) is 2. The number of hydrogen-bond donors (Lipinski definition) is 0. The summed E-state index contributed by atoms with van der Waals surface area (Å²) in [5.41, 5.74) is 1.54. The number of aryl methyl sites for hydroxylation is 1. The Bertz CT molecular complexity index is 464. The predicted octanol–water partition coefficient (Wildman–Crippen LogP) is 1.61. The van der Waals surface area contributed by atoms with Gasteiger partial charge in [0.15, 0.2) is 5.78 Å². The number of rotatable bonds is 2. The van der Waals surface area contributed by atoms with Gasteiger partial charge in [-0.15, -0.1) is 0 Å². The van der Waals surface area contributed by atoms with Crippen LogP contribution in [0.15, 0.2) is 18.2 Å². The zero-order valence-corrected chi connectivity index (χ0v) is 9.86. The molecule has 1 aromatic rings. The normalized spacial score (nSPS) is 18.5. The van der Waals surface area contributed by atoms with Crippen LogP contribution in [0.4, 0.5) is 0 Å². The number of esters is 1. The van der Waals surface area contributed by atoms with Gasteiger partial charge in [-0.1, -0.05) is 6.07 Å². The van der Waals surface area contributed by atoms with Crippen molar-refractivity contribution in [3.8, 4) is 5.75 Å². The van der Waals surface area contributed by atoms with Crippen LogP contribution in [0.5, 0.6) is 5.75 Å². The zero-order chi connectivity index (χ0) is 12.4. The van der Waals surface area contributed by atoms with E-state index < -0.39 is 11.9 Å². The first-order chi connectivity index (χ1) is 8.17. The molecule has 0 aromatic heterocycles. The zero-order valence-electron chi connectivity index (χ0n) is 9.86. The third-order valence-electron chi connectivity index (χ3n) is 3.09. The van der Waals surface area contributed by atoms with Gasteiger partial charge in [-0.2, -0.15) is 0 Å². The van der Waals surface area contributed by atoms with E-state index in [2.05, 4.69) is 4.74 Å². The van der Waals surface area contributed by atoms with Crippen LogP contribution in [-0.4, -0.2) is 26.0 Å². The van der Waals surface area contributed by atoms with Crippen LogP contribution >= 0.6 is 0 Å². The fourth-order valence-corrected chi connectivity index (χ4v) is 2.12. The molecule has 1 aliphatic carbocycles. The monoisotopic (exact) mass is 234 g/mol. The molecule has 0 radical (unpaired) electrons. The van der Waals surface area contributed by atoms with E-state index in [1.807, 2.05) is 12.1 Å². The summed E-state index contributed by atoms with van der Waals surface area (Å²) in [7, 11) is 2.85. The van der Waals surface area contributed by atoms with E-state index in [0.29, 0.717) is 24.2 Å². The van der Waals surface area contributed by atoms with Gasteiger partial charge in [-0.05, 0) is 30.5 Å². The fraction of sp³-hybridized carbons (Fsp3) is 0.385. The second kappa shape index (κ2) is 4.57. The van der Waals surface area contributed by atoms with Crippen LogP contribution in [0.2, 0.25) is 0 Å². The van der Waals surface area contributed by atoms with Crippen molar-refractivity contribution in [3.63, 3.8) is 0 Å². The number of fused-ring (bicyclic) bond motifs is 1. The van der Waals surface area contributed by atoms with Gasteiger partial charge < -0.3 is 9.47 Å². The number of Topliss-reactive ketones (excluding diaryl/α,β-unsaturated/α-hetero) is 1. The molecule has 17 heavy (non-hydrogen) atoms. The lowest BCUT2D eigenvalue weighted by atomic mass is 9.82. The van der Waals surface area contributed by atoms with Gasteiger partial charge in [0.05, 0.1) is 14.2 Å². The molecule has 0 saturated heterocycles. The Morgan fingerprint density at radius 2 is 2.12 bits per heavy atom. The quantitative estimate of drug-likeness (QED) is 0.576. The average molecular weight is 234 g/mol. The molecule has 4 nitrogen and oxygen atoms in total. The molecule has 90 valence electrons. The van der Waals surface area contributed by atoms with E-state index in [9.17, 15) is 9.59 Å².